The van der Waals surface area contributed by atoms with Crippen LogP contribution in [0, 0.1) is 0 Å². The number of aliphatic hydroxyl groups is 3. The SMILES string of the molecule is C[N+](C)(C)CCO.C[N+](C)(C)CCOC(=O)C(O)C(O)C(=O)O.[Cl-].[Cl-].[Cl-].[Cl][Al]([Cl])[Cl].[NH4+]. The van der Waals surface area contributed by atoms with Gasteiger partial charge in [0.15, 0.2) is 12.2 Å². The summed E-state index contributed by atoms with van der Waals surface area (Å²) in [6.07, 6.45) is -4.21. The number of carbonyl (C=O) groups is 2. The van der Waals surface area contributed by atoms with Gasteiger partial charge >= 0.3 is 23.3 Å². The third kappa shape index (κ3) is 45.2. The van der Waals surface area contributed by atoms with E-state index in [4.69, 9.17) is 50.6 Å². The van der Waals surface area contributed by atoms with Crippen molar-refractivity contribution in [2.45, 2.75) is 12.2 Å². The summed E-state index contributed by atoms with van der Waals surface area (Å²) >= 11 is -1.72. The molecule has 0 amide bonds. The number of hydrogen-bond acceptors (Lipinski definition) is 6. The fraction of sp³-hybridized carbons (Fsp3) is 0.857. The van der Waals surface area contributed by atoms with E-state index in [1.165, 1.54) is 0 Å². The molecule has 0 bridgehead atoms. The number of rotatable bonds is 8. The summed E-state index contributed by atoms with van der Waals surface area (Å²) in [5.41, 5.74) is 0. The lowest BCUT2D eigenvalue weighted by Gasteiger charge is -2.23. The molecule has 2 unspecified atom stereocenters. The molecule has 0 heterocycles. The zero-order chi connectivity index (χ0) is 22.4. The quantitative estimate of drug-likeness (QED) is 0.105. The average Bonchev–Trinajstić information content (AvgIpc) is 2.42. The first-order valence-electron chi connectivity index (χ1n) is 7.84. The maximum atomic E-state index is 11.1. The Kier molecular flexibility index (Phi) is 40.6. The van der Waals surface area contributed by atoms with E-state index in [9.17, 15) is 9.59 Å². The number of esters is 1. The number of ether oxygens (including phenoxy) is 1. The van der Waals surface area contributed by atoms with Crippen molar-refractivity contribution in [3.63, 3.8) is 0 Å². The van der Waals surface area contributed by atoms with Crippen LogP contribution in [0.4, 0.5) is 0 Å². The molecule has 31 heavy (non-hydrogen) atoms. The van der Waals surface area contributed by atoms with Crippen LogP contribution in [0.1, 0.15) is 0 Å². The van der Waals surface area contributed by atoms with Crippen LogP contribution < -0.4 is 43.4 Å². The molecule has 0 aliphatic carbocycles. The molecule has 2 atom stereocenters. The molecule has 0 aliphatic rings. The zero-order valence-corrected chi connectivity index (χ0v) is 24.4. The van der Waals surface area contributed by atoms with Crippen molar-refractivity contribution < 1.29 is 80.9 Å². The second-order valence-corrected chi connectivity index (χ2v) is 13.8. The first kappa shape index (κ1) is 49.2. The molecule has 0 aromatic heterocycles. The Morgan fingerprint density at radius 2 is 1.19 bits per heavy atom. The molecule has 0 spiro atoms. The third-order valence-electron chi connectivity index (χ3n) is 2.57. The van der Waals surface area contributed by atoms with Crippen LogP contribution in [-0.4, -0.2) is 134 Å². The van der Waals surface area contributed by atoms with Crippen LogP contribution in [0.5, 0.6) is 0 Å². The van der Waals surface area contributed by atoms with Gasteiger partial charge in [-0.25, -0.2) is 39.7 Å². The third-order valence-corrected chi connectivity index (χ3v) is 2.57. The number of aliphatic carboxylic acids is 1. The Hall–Kier alpha value is 0.972. The minimum atomic E-state index is -2.16. The summed E-state index contributed by atoms with van der Waals surface area (Å²) in [7, 11) is 26.6. The molecule has 10 nitrogen and oxygen atoms in total. The van der Waals surface area contributed by atoms with E-state index in [1.807, 2.05) is 21.1 Å². The zero-order valence-electron chi connectivity index (χ0n) is 18.7. The topological polar surface area (TPSA) is 161 Å². The molecule has 0 saturated heterocycles. The number of hydrogen-bond donors (Lipinski definition) is 5. The number of quaternary nitrogens is 3. The van der Waals surface area contributed by atoms with E-state index in [1.54, 1.807) is 0 Å². The van der Waals surface area contributed by atoms with E-state index in [-0.39, 0.29) is 56.6 Å². The first-order valence-corrected chi connectivity index (χ1v) is 13.1. The summed E-state index contributed by atoms with van der Waals surface area (Å²) in [5, 5.41) is 34.7. The predicted octanol–water partition coefficient (Wildman–Crippen LogP) is -9.20. The summed E-state index contributed by atoms with van der Waals surface area (Å²) in [6, 6.07) is 0. The Balaban J connectivity index is -0.0000000653. The lowest BCUT2D eigenvalue weighted by atomic mass is 10.2. The van der Waals surface area contributed by atoms with Gasteiger partial charge in [0, 0.05) is 0 Å². The maximum absolute atomic E-state index is 11.1. The van der Waals surface area contributed by atoms with Crippen LogP contribution in [-0.2, 0) is 14.3 Å². The number of aliphatic hydroxyl groups excluding tert-OH is 3. The highest BCUT2D eigenvalue weighted by atomic mass is 35.8. The molecule has 0 radical (unpaired) electrons. The number of carbonyl (C=O) groups excluding carboxylic acids is 1. The Labute approximate surface area is 220 Å². The van der Waals surface area contributed by atoms with Crippen LogP contribution in [0.15, 0.2) is 0 Å². The predicted molar refractivity (Wildman–Crippen MR) is 113 cm³/mol. The van der Waals surface area contributed by atoms with E-state index in [0.29, 0.717) is 11.0 Å². The fourth-order valence-corrected chi connectivity index (χ4v) is 1.07. The number of nitrogens with zero attached hydrogens (tertiary/aromatic N) is 2. The second kappa shape index (κ2) is 25.6. The Morgan fingerprint density at radius 3 is 1.39 bits per heavy atom. The smallest absolute Gasteiger partial charge is 0.643 e. The van der Waals surface area contributed by atoms with Crippen molar-refractivity contribution >= 4 is 53.5 Å². The monoisotopic (exact) mass is 595 g/mol. The molecule has 194 valence electrons. The fourth-order valence-electron chi connectivity index (χ4n) is 1.07. The van der Waals surface area contributed by atoms with Gasteiger partial charge in [-0.1, -0.05) is 0 Å². The van der Waals surface area contributed by atoms with Crippen molar-refractivity contribution in [3.05, 3.63) is 0 Å². The average molecular weight is 598 g/mol. The summed E-state index contributed by atoms with van der Waals surface area (Å²) in [5.74, 6) is -2.81. The molecule has 0 rings (SSSR count). The largest absolute Gasteiger partial charge is 1.00 e. The molecule has 0 aromatic carbocycles. The summed E-state index contributed by atoms with van der Waals surface area (Å²) in [4.78, 5) is 21.3. The van der Waals surface area contributed by atoms with Gasteiger partial charge in [-0.15, -0.1) is 0 Å². The molecule has 0 aromatic rings. The molecule has 0 fully saturated rings. The molecular weight excluding hydrogens is 562 g/mol. The molecule has 8 N–H and O–H groups in total. The van der Waals surface area contributed by atoms with Crippen LogP contribution in [0.3, 0.4) is 0 Å². The van der Waals surface area contributed by atoms with E-state index >= 15 is 0 Å². The van der Waals surface area contributed by atoms with Crippen LogP contribution in [0.2, 0.25) is 0 Å². The highest BCUT2D eigenvalue weighted by Gasteiger charge is 2.31. The molecule has 0 saturated carbocycles. The Bertz CT molecular complexity index is 427. The Morgan fingerprint density at radius 1 is 0.871 bits per heavy atom. The highest BCUT2D eigenvalue weighted by Crippen LogP contribution is 1.98. The van der Waals surface area contributed by atoms with Gasteiger partial charge in [-0.3, -0.25) is 0 Å². The van der Waals surface area contributed by atoms with Crippen LogP contribution in [0.25, 0.3) is 0 Å². The van der Waals surface area contributed by atoms with Crippen molar-refractivity contribution in [1.82, 2.24) is 6.15 Å². The number of carboxylic acid groups (broad SMARTS) is 1. The van der Waals surface area contributed by atoms with Gasteiger partial charge in [0.25, 0.3) is 0 Å². The molecule has 17 heteroatoms. The number of halogens is 6. The van der Waals surface area contributed by atoms with Crippen molar-refractivity contribution in [1.29, 1.82) is 0 Å². The molecular formula is C14H36AlCl6N3O7. The van der Waals surface area contributed by atoms with Gasteiger partial charge in [0.1, 0.15) is 19.7 Å². The maximum Gasteiger partial charge on any atom is 0.643 e. The lowest BCUT2D eigenvalue weighted by Crippen LogP contribution is -3.00. The minimum absolute atomic E-state index is 0. The van der Waals surface area contributed by atoms with Crippen molar-refractivity contribution in [2.24, 2.45) is 0 Å². The minimum Gasteiger partial charge on any atom is -1.00 e. The van der Waals surface area contributed by atoms with Crippen LogP contribution >= 0.6 is 30.1 Å². The highest BCUT2D eigenvalue weighted by molar-refractivity contribution is 7.54. The van der Waals surface area contributed by atoms with E-state index < -0.39 is 35.5 Å². The summed E-state index contributed by atoms with van der Waals surface area (Å²) in [6.45, 7) is 1.68. The van der Waals surface area contributed by atoms with Gasteiger partial charge in [0.05, 0.1) is 48.9 Å². The first-order chi connectivity index (χ1) is 11.9. The number of carboxylic acids is 1. The normalized spacial score (nSPS) is 11.5. The molecule has 0 aliphatic heterocycles. The lowest BCUT2D eigenvalue weighted by molar-refractivity contribution is -0.870. The van der Waals surface area contributed by atoms with Crippen molar-refractivity contribution in [2.75, 3.05) is 68.6 Å². The van der Waals surface area contributed by atoms with Gasteiger partial charge in [-0.2, -0.15) is 0 Å². The van der Waals surface area contributed by atoms with Gasteiger partial charge < -0.3 is 77.5 Å². The second-order valence-electron chi connectivity index (χ2n) is 7.39. The standard InChI is InChI=1S/C9H17NO6.C5H14NO.Al.6ClH.H3N/c1-10(2,3)4-5-16-9(15)7(12)6(11)8(13)14;1-6(2,3)4-5-7;;;;;;;;/h6-7,11-12H,4-5H2,1-3H3;7H,4-5H2,1-3H3;;6*1H;1H3/q;+1;+3;;;;;;;/p-4. The number of likely N-dealkylation sites (N-methyl/N-ethyl adjacent to an activating group) is 2. The summed E-state index contributed by atoms with van der Waals surface area (Å²) < 4.78 is 6.03. The van der Waals surface area contributed by atoms with E-state index in [0.717, 1.165) is 11.0 Å². The van der Waals surface area contributed by atoms with E-state index in [2.05, 4.69) is 25.9 Å². The van der Waals surface area contributed by atoms with Gasteiger partial charge in [-0.05, 0) is 0 Å². The van der Waals surface area contributed by atoms with Gasteiger partial charge in [0.2, 0.25) is 0 Å². The van der Waals surface area contributed by atoms with Crippen molar-refractivity contribution in [3.8, 4) is 0 Å².